The van der Waals surface area contributed by atoms with Crippen LogP contribution in [0.2, 0.25) is 0 Å². The van der Waals surface area contributed by atoms with E-state index in [1.54, 1.807) is 0 Å². The number of benzene rings is 1. The molecule has 1 saturated carbocycles. The molecule has 1 nitrogen and oxygen atoms in total. The zero-order valence-electron chi connectivity index (χ0n) is 8.86. The Kier molecular flexibility index (Phi) is 2.72. The monoisotopic (exact) mass is 219 g/mol. The first-order valence-electron chi connectivity index (χ1n) is 5.84. The second kappa shape index (κ2) is 4.18. The summed E-state index contributed by atoms with van der Waals surface area (Å²) in [4.78, 5) is 1.44. The first-order valence-corrected chi connectivity index (χ1v) is 6.72. The Morgan fingerprint density at radius 1 is 1.00 bits per heavy atom. The minimum Gasteiger partial charge on any atom is -0.316 e. The van der Waals surface area contributed by atoms with Crippen molar-refractivity contribution in [1.29, 1.82) is 0 Å². The highest BCUT2D eigenvalue weighted by molar-refractivity contribution is 8.00. The third kappa shape index (κ3) is 2.06. The molecule has 1 heterocycles. The third-order valence-electron chi connectivity index (χ3n) is 3.66. The molecular formula is C13H17NS. The van der Waals surface area contributed by atoms with Crippen molar-refractivity contribution in [2.45, 2.75) is 23.0 Å². The predicted octanol–water partition coefficient (Wildman–Crippen LogP) is 2.78. The van der Waals surface area contributed by atoms with Crippen molar-refractivity contribution in [3.8, 4) is 0 Å². The highest BCUT2D eigenvalue weighted by Crippen LogP contribution is 2.42. The fraction of sp³-hybridized carbons (Fsp3) is 0.538. The summed E-state index contributed by atoms with van der Waals surface area (Å²) in [7, 11) is 0. The summed E-state index contributed by atoms with van der Waals surface area (Å²) in [5.41, 5.74) is 0. The van der Waals surface area contributed by atoms with E-state index >= 15 is 0 Å². The van der Waals surface area contributed by atoms with E-state index in [0.717, 1.165) is 17.1 Å². The zero-order valence-corrected chi connectivity index (χ0v) is 9.67. The van der Waals surface area contributed by atoms with Gasteiger partial charge in [-0.2, -0.15) is 0 Å². The van der Waals surface area contributed by atoms with Crippen molar-refractivity contribution >= 4 is 11.8 Å². The van der Waals surface area contributed by atoms with E-state index in [1.165, 1.54) is 30.8 Å². The average molecular weight is 219 g/mol. The molecule has 2 fully saturated rings. The van der Waals surface area contributed by atoms with Crippen LogP contribution in [0.15, 0.2) is 35.2 Å². The van der Waals surface area contributed by atoms with Crippen molar-refractivity contribution in [1.82, 2.24) is 5.32 Å². The molecule has 80 valence electrons. The van der Waals surface area contributed by atoms with Crippen LogP contribution in [0.5, 0.6) is 0 Å². The van der Waals surface area contributed by atoms with Crippen LogP contribution in [0.4, 0.5) is 0 Å². The molecule has 2 atom stereocenters. The Bertz CT molecular complexity index is 313. The van der Waals surface area contributed by atoms with Gasteiger partial charge in [0.1, 0.15) is 0 Å². The second-order valence-corrected chi connectivity index (χ2v) is 6.08. The molecule has 1 aliphatic carbocycles. The molecule has 2 unspecified atom stereocenters. The van der Waals surface area contributed by atoms with E-state index in [2.05, 4.69) is 47.4 Å². The van der Waals surface area contributed by atoms with Gasteiger partial charge in [-0.1, -0.05) is 18.2 Å². The summed E-state index contributed by atoms with van der Waals surface area (Å²) in [5, 5.41) is 4.36. The van der Waals surface area contributed by atoms with Crippen molar-refractivity contribution in [3.05, 3.63) is 30.3 Å². The minimum atomic E-state index is 0.865. The fourth-order valence-corrected chi connectivity index (χ4v) is 4.28. The molecule has 0 aromatic heterocycles. The van der Waals surface area contributed by atoms with E-state index in [0.29, 0.717) is 0 Å². The van der Waals surface area contributed by atoms with Gasteiger partial charge in [-0.15, -0.1) is 11.8 Å². The van der Waals surface area contributed by atoms with Crippen LogP contribution in [0.25, 0.3) is 0 Å². The van der Waals surface area contributed by atoms with Crippen molar-refractivity contribution in [2.75, 3.05) is 13.1 Å². The minimum absolute atomic E-state index is 0.865. The molecule has 3 rings (SSSR count). The lowest BCUT2D eigenvalue weighted by Crippen LogP contribution is -2.12. The molecule has 1 N–H and O–H groups in total. The highest BCUT2D eigenvalue weighted by atomic mass is 32.2. The predicted molar refractivity (Wildman–Crippen MR) is 65.2 cm³/mol. The Labute approximate surface area is 95.6 Å². The Hall–Kier alpha value is -0.470. The van der Waals surface area contributed by atoms with Crippen LogP contribution < -0.4 is 5.32 Å². The quantitative estimate of drug-likeness (QED) is 0.821. The smallest absolute Gasteiger partial charge is 0.0101 e. The maximum atomic E-state index is 3.50. The van der Waals surface area contributed by atoms with Crippen LogP contribution in [0.3, 0.4) is 0 Å². The summed E-state index contributed by atoms with van der Waals surface area (Å²) in [6.07, 6.45) is 2.83. The maximum Gasteiger partial charge on any atom is 0.0101 e. The van der Waals surface area contributed by atoms with Crippen molar-refractivity contribution in [2.24, 2.45) is 11.8 Å². The van der Waals surface area contributed by atoms with E-state index in [9.17, 15) is 0 Å². The molecule has 2 heteroatoms. The molecule has 0 radical (unpaired) electrons. The molecule has 1 aromatic rings. The fourth-order valence-electron chi connectivity index (χ4n) is 2.90. The van der Waals surface area contributed by atoms with Gasteiger partial charge in [0, 0.05) is 10.1 Å². The molecule has 0 amide bonds. The Morgan fingerprint density at radius 3 is 2.33 bits per heavy atom. The summed E-state index contributed by atoms with van der Waals surface area (Å²) < 4.78 is 0. The molecular weight excluding hydrogens is 202 g/mol. The molecule has 1 aromatic carbocycles. The Morgan fingerprint density at radius 2 is 1.67 bits per heavy atom. The van der Waals surface area contributed by atoms with Gasteiger partial charge in [-0.3, -0.25) is 0 Å². The summed E-state index contributed by atoms with van der Waals surface area (Å²) in [6.45, 7) is 2.52. The number of fused-ring (bicyclic) bond motifs is 1. The lowest BCUT2D eigenvalue weighted by Gasteiger charge is -2.10. The van der Waals surface area contributed by atoms with Crippen molar-refractivity contribution in [3.63, 3.8) is 0 Å². The van der Waals surface area contributed by atoms with Crippen LogP contribution in [-0.2, 0) is 0 Å². The Balaban J connectivity index is 1.62. The van der Waals surface area contributed by atoms with Gasteiger partial charge >= 0.3 is 0 Å². The van der Waals surface area contributed by atoms with Crippen LogP contribution >= 0.6 is 11.8 Å². The lowest BCUT2D eigenvalue weighted by molar-refractivity contribution is 0.494. The van der Waals surface area contributed by atoms with E-state index < -0.39 is 0 Å². The molecule has 2 aliphatic rings. The normalized spacial score (nSPS) is 34.3. The zero-order chi connectivity index (χ0) is 10.1. The maximum absolute atomic E-state index is 3.50. The number of hydrogen-bond acceptors (Lipinski definition) is 2. The first-order chi connectivity index (χ1) is 7.42. The third-order valence-corrected chi connectivity index (χ3v) is 4.92. The van der Waals surface area contributed by atoms with Crippen LogP contribution in [0.1, 0.15) is 12.8 Å². The summed E-state index contributed by atoms with van der Waals surface area (Å²) in [5.74, 6) is 1.93. The molecule has 15 heavy (non-hydrogen) atoms. The van der Waals surface area contributed by atoms with E-state index in [-0.39, 0.29) is 0 Å². The molecule has 1 saturated heterocycles. The van der Waals surface area contributed by atoms with Gasteiger partial charge in [0.05, 0.1) is 0 Å². The topological polar surface area (TPSA) is 12.0 Å². The summed E-state index contributed by atoms with van der Waals surface area (Å²) >= 11 is 2.08. The summed E-state index contributed by atoms with van der Waals surface area (Å²) in [6, 6.07) is 10.8. The van der Waals surface area contributed by atoms with Gasteiger partial charge < -0.3 is 5.32 Å². The first kappa shape index (κ1) is 9.73. The standard InChI is InChI=1S/C13H17NS/c1-2-4-12(5-3-1)15-13-6-10-8-14-9-11(10)7-13/h1-5,10-11,13-14H,6-9H2. The molecule has 0 spiro atoms. The largest absolute Gasteiger partial charge is 0.316 e. The van der Waals surface area contributed by atoms with Crippen LogP contribution in [0, 0.1) is 11.8 Å². The van der Waals surface area contributed by atoms with E-state index in [4.69, 9.17) is 0 Å². The molecule has 0 bridgehead atoms. The number of nitrogens with one attached hydrogen (secondary N) is 1. The highest BCUT2D eigenvalue weighted by Gasteiger charge is 2.37. The molecule has 1 aliphatic heterocycles. The second-order valence-electron chi connectivity index (χ2n) is 4.70. The van der Waals surface area contributed by atoms with Gasteiger partial charge in [0.15, 0.2) is 0 Å². The van der Waals surface area contributed by atoms with Crippen molar-refractivity contribution < 1.29 is 0 Å². The lowest BCUT2D eigenvalue weighted by atomic mass is 10.0. The van der Waals surface area contributed by atoms with Crippen LogP contribution in [-0.4, -0.2) is 18.3 Å². The number of hydrogen-bond donors (Lipinski definition) is 1. The number of rotatable bonds is 2. The van der Waals surface area contributed by atoms with E-state index in [1.807, 2.05) is 0 Å². The van der Waals surface area contributed by atoms with Gasteiger partial charge in [-0.05, 0) is 49.9 Å². The number of thioether (sulfide) groups is 1. The van der Waals surface area contributed by atoms with Gasteiger partial charge in [-0.25, -0.2) is 0 Å². The average Bonchev–Trinajstić information content (AvgIpc) is 2.79. The van der Waals surface area contributed by atoms with Gasteiger partial charge in [0.2, 0.25) is 0 Å². The van der Waals surface area contributed by atoms with Gasteiger partial charge in [0.25, 0.3) is 0 Å². The SMILES string of the molecule is c1ccc(SC2CC3CNCC3C2)cc1.